The Labute approximate surface area is 124 Å². The number of carbonyl (C=O) groups is 1. The predicted molar refractivity (Wildman–Crippen MR) is 82.1 cm³/mol. The van der Waals surface area contributed by atoms with Gasteiger partial charge in [0.15, 0.2) is 0 Å². The molecule has 1 amide bonds. The summed E-state index contributed by atoms with van der Waals surface area (Å²) in [5.74, 6) is -0.0148. The third-order valence-corrected chi connectivity index (χ3v) is 3.44. The highest BCUT2D eigenvalue weighted by molar-refractivity contribution is 6.33. The van der Waals surface area contributed by atoms with E-state index >= 15 is 0 Å². The van der Waals surface area contributed by atoms with Crippen molar-refractivity contribution in [3.05, 3.63) is 35.6 Å². The monoisotopic (exact) mass is 294 g/mol. The molecule has 1 unspecified atom stereocenters. The number of benzene rings is 1. The molecule has 1 aromatic carbocycles. The lowest BCUT2D eigenvalue weighted by Gasteiger charge is -2.21. The van der Waals surface area contributed by atoms with Gasteiger partial charge in [-0.15, -0.1) is 0 Å². The Morgan fingerprint density at radius 3 is 3.05 bits per heavy atom. The second-order valence-electron chi connectivity index (χ2n) is 4.68. The summed E-state index contributed by atoms with van der Waals surface area (Å²) in [4.78, 5) is 11.4. The van der Waals surface area contributed by atoms with Crippen LogP contribution in [-0.2, 0) is 9.53 Å². The van der Waals surface area contributed by atoms with Crippen LogP contribution in [0.4, 0.5) is 11.4 Å². The Balaban J connectivity index is 1.97. The highest BCUT2D eigenvalue weighted by Gasteiger charge is 2.11. The maximum absolute atomic E-state index is 11.4. The summed E-state index contributed by atoms with van der Waals surface area (Å²) in [5.41, 5.74) is 1.55. The molecule has 108 valence electrons. The highest BCUT2D eigenvalue weighted by Crippen LogP contribution is 2.26. The number of hydrogen-bond acceptors (Lipinski definition) is 3. The zero-order valence-corrected chi connectivity index (χ0v) is 12.2. The van der Waals surface area contributed by atoms with E-state index in [4.69, 9.17) is 16.3 Å². The van der Waals surface area contributed by atoms with E-state index in [2.05, 4.69) is 10.6 Å². The summed E-state index contributed by atoms with van der Waals surface area (Å²) in [7, 11) is 0. The topological polar surface area (TPSA) is 50.4 Å². The minimum absolute atomic E-state index is 0.0148. The molecule has 2 rings (SSSR count). The number of carbonyl (C=O) groups excluding carboxylic acids is 1. The first-order valence-electron chi connectivity index (χ1n) is 6.82. The Kier molecular flexibility index (Phi) is 5.30. The van der Waals surface area contributed by atoms with Crippen molar-refractivity contribution in [3.63, 3.8) is 0 Å². The van der Waals surface area contributed by atoms with Crippen molar-refractivity contribution in [2.24, 2.45) is 0 Å². The van der Waals surface area contributed by atoms with E-state index in [1.54, 1.807) is 18.4 Å². The summed E-state index contributed by atoms with van der Waals surface area (Å²) in [6.07, 6.45) is 6.40. The third kappa shape index (κ3) is 4.17. The summed E-state index contributed by atoms with van der Waals surface area (Å²) in [5, 5.41) is 6.72. The van der Waals surface area contributed by atoms with Crippen LogP contribution in [-0.4, -0.2) is 18.6 Å². The van der Waals surface area contributed by atoms with Gasteiger partial charge in [0.25, 0.3) is 0 Å². The van der Waals surface area contributed by atoms with Crippen molar-refractivity contribution in [1.82, 2.24) is 0 Å². The molecule has 5 heteroatoms. The molecule has 1 heterocycles. The molecule has 2 N–H and O–H groups in total. The summed E-state index contributed by atoms with van der Waals surface area (Å²) in [6.45, 7) is 2.51. The Hall–Kier alpha value is -1.68. The molecule has 0 bridgehead atoms. The zero-order valence-electron chi connectivity index (χ0n) is 11.5. The van der Waals surface area contributed by atoms with E-state index in [9.17, 15) is 4.79 Å². The number of amides is 1. The minimum Gasteiger partial charge on any atom is -0.497 e. The molecular weight excluding hydrogens is 276 g/mol. The number of ether oxygens (including phenoxy) is 1. The van der Waals surface area contributed by atoms with Gasteiger partial charge in [-0.3, -0.25) is 4.79 Å². The number of nitrogens with one attached hydrogen (secondary N) is 2. The van der Waals surface area contributed by atoms with Crippen LogP contribution in [0.3, 0.4) is 0 Å². The van der Waals surface area contributed by atoms with Crippen molar-refractivity contribution in [1.29, 1.82) is 0 Å². The van der Waals surface area contributed by atoms with Crippen LogP contribution in [0.5, 0.6) is 0 Å². The third-order valence-electron chi connectivity index (χ3n) is 3.11. The molecule has 1 aliphatic rings. The van der Waals surface area contributed by atoms with Gasteiger partial charge >= 0.3 is 0 Å². The molecule has 0 aromatic heterocycles. The van der Waals surface area contributed by atoms with E-state index < -0.39 is 0 Å². The van der Waals surface area contributed by atoms with Crippen LogP contribution in [0, 0.1) is 0 Å². The number of hydrogen-bond donors (Lipinski definition) is 2. The van der Waals surface area contributed by atoms with Gasteiger partial charge in [-0.2, -0.15) is 0 Å². The lowest BCUT2D eigenvalue weighted by atomic mass is 10.1. The lowest BCUT2D eigenvalue weighted by molar-refractivity contribution is -0.115. The van der Waals surface area contributed by atoms with Crippen LogP contribution in [0.25, 0.3) is 0 Å². The van der Waals surface area contributed by atoms with Gasteiger partial charge in [-0.1, -0.05) is 18.5 Å². The fraction of sp³-hybridized carbons (Fsp3) is 0.400. The first-order valence-corrected chi connectivity index (χ1v) is 7.20. The summed E-state index contributed by atoms with van der Waals surface area (Å²) >= 11 is 6.15. The molecule has 0 saturated carbocycles. The van der Waals surface area contributed by atoms with Gasteiger partial charge in [0.2, 0.25) is 5.91 Å². The second-order valence-corrected chi connectivity index (χ2v) is 5.09. The molecule has 0 radical (unpaired) electrons. The lowest BCUT2D eigenvalue weighted by Crippen LogP contribution is -2.23. The largest absolute Gasteiger partial charge is 0.497 e. The number of allylic oxidation sites excluding steroid dienone is 1. The van der Waals surface area contributed by atoms with E-state index in [0.717, 1.165) is 24.2 Å². The van der Waals surface area contributed by atoms with E-state index in [1.165, 1.54) is 0 Å². The van der Waals surface area contributed by atoms with Gasteiger partial charge in [-0.25, -0.2) is 0 Å². The Morgan fingerprint density at radius 1 is 1.50 bits per heavy atom. The van der Waals surface area contributed by atoms with Gasteiger partial charge in [0.1, 0.15) is 6.10 Å². The van der Waals surface area contributed by atoms with Crippen LogP contribution in [0.1, 0.15) is 26.2 Å². The molecule has 0 aliphatic carbocycles. The summed E-state index contributed by atoms with van der Waals surface area (Å²) < 4.78 is 5.50. The van der Waals surface area contributed by atoms with E-state index in [0.29, 0.717) is 18.0 Å². The Morgan fingerprint density at radius 2 is 2.35 bits per heavy atom. The molecular formula is C15H19ClN2O2. The van der Waals surface area contributed by atoms with Crippen LogP contribution >= 0.6 is 11.6 Å². The maximum Gasteiger partial charge on any atom is 0.224 e. The molecule has 0 saturated heterocycles. The van der Waals surface area contributed by atoms with Gasteiger partial charge < -0.3 is 15.4 Å². The highest BCUT2D eigenvalue weighted by atomic mass is 35.5. The van der Waals surface area contributed by atoms with Crippen LogP contribution < -0.4 is 10.6 Å². The zero-order chi connectivity index (χ0) is 14.4. The van der Waals surface area contributed by atoms with Crippen molar-refractivity contribution >= 4 is 28.9 Å². The fourth-order valence-electron chi connectivity index (χ4n) is 1.95. The van der Waals surface area contributed by atoms with Crippen LogP contribution in [0.2, 0.25) is 5.02 Å². The summed E-state index contributed by atoms with van der Waals surface area (Å²) in [6, 6.07) is 5.41. The van der Waals surface area contributed by atoms with Crippen LogP contribution in [0.15, 0.2) is 30.5 Å². The van der Waals surface area contributed by atoms with Gasteiger partial charge in [0, 0.05) is 12.1 Å². The number of halogens is 1. The standard InChI is InChI=1S/C15H19ClN2O2/c1-2-15(19)18-11-6-7-13(16)14(9-11)17-10-12-5-3-4-8-20-12/h4,6-9,12,17H,2-3,5,10H2,1H3,(H,18,19). The predicted octanol–water partition coefficient (Wildman–Crippen LogP) is 3.79. The smallest absolute Gasteiger partial charge is 0.224 e. The van der Waals surface area contributed by atoms with E-state index in [-0.39, 0.29) is 12.0 Å². The molecule has 0 fully saturated rings. The molecule has 1 aliphatic heterocycles. The number of anilines is 2. The minimum atomic E-state index is -0.0148. The Bertz CT molecular complexity index is 503. The SMILES string of the molecule is CCC(=O)Nc1ccc(Cl)c(NCC2CCC=CO2)c1. The average molecular weight is 295 g/mol. The first kappa shape index (κ1) is 14.7. The van der Waals surface area contributed by atoms with Gasteiger partial charge in [-0.05, 0) is 37.1 Å². The van der Waals surface area contributed by atoms with Crippen molar-refractivity contribution in [2.75, 3.05) is 17.2 Å². The van der Waals surface area contributed by atoms with Crippen molar-refractivity contribution in [2.45, 2.75) is 32.3 Å². The second kappa shape index (κ2) is 7.20. The normalized spacial score (nSPS) is 17.4. The molecule has 0 spiro atoms. The molecule has 20 heavy (non-hydrogen) atoms. The first-order chi connectivity index (χ1) is 9.69. The fourth-order valence-corrected chi connectivity index (χ4v) is 2.13. The quantitative estimate of drug-likeness (QED) is 0.868. The number of rotatable bonds is 5. The average Bonchev–Trinajstić information content (AvgIpc) is 2.48. The van der Waals surface area contributed by atoms with Crippen molar-refractivity contribution < 1.29 is 9.53 Å². The molecule has 4 nitrogen and oxygen atoms in total. The maximum atomic E-state index is 11.4. The van der Waals surface area contributed by atoms with E-state index in [1.807, 2.05) is 19.1 Å². The van der Waals surface area contributed by atoms with Gasteiger partial charge in [0.05, 0.1) is 23.5 Å². The van der Waals surface area contributed by atoms with Crippen molar-refractivity contribution in [3.8, 4) is 0 Å². The molecule has 1 atom stereocenters. The molecule has 1 aromatic rings.